The molecular weight excluding hydrogens is 148 g/mol. The minimum atomic E-state index is 0.00519. The highest BCUT2D eigenvalue weighted by atomic mass is 15.0. The molecular formula is C10H10N2. The molecule has 0 radical (unpaired) electrons. The summed E-state index contributed by atoms with van der Waals surface area (Å²) in [7, 11) is 0. The van der Waals surface area contributed by atoms with Crippen LogP contribution < -0.4 is 0 Å². The van der Waals surface area contributed by atoms with E-state index in [-0.39, 0.29) is 6.17 Å². The van der Waals surface area contributed by atoms with Crippen molar-refractivity contribution < 1.29 is 0 Å². The van der Waals surface area contributed by atoms with Gasteiger partial charge in [0.2, 0.25) is 0 Å². The standard InChI is InChI=1S/C10H10N2/c1-8-2-4-9(5-3-8)10-11-6-7-12-10/h2-7,10H,1H3. The number of rotatable bonds is 1. The molecule has 0 aliphatic carbocycles. The SMILES string of the molecule is Cc1ccc(C2N=CC=N2)cc1. The Morgan fingerprint density at radius 2 is 1.58 bits per heavy atom. The molecule has 0 bridgehead atoms. The van der Waals surface area contributed by atoms with Crippen LogP contribution in [0.2, 0.25) is 0 Å². The Kier molecular flexibility index (Phi) is 1.74. The lowest BCUT2D eigenvalue weighted by Gasteiger charge is -2.03. The zero-order chi connectivity index (χ0) is 8.39. The number of benzene rings is 1. The van der Waals surface area contributed by atoms with E-state index in [1.807, 2.05) is 0 Å². The van der Waals surface area contributed by atoms with Gasteiger partial charge in [-0.1, -0.05) is 29.8 Å². The van der Waals surface area contributed by atoms with Crippen LogP contribution in [0.3, 0.4) is 0 Å². The van der Waals surface area contributed by atoms with Crippen LogP contribution in [0.1, 0.15) is 17.3 Å². The average Bonchev–Trinajstić information content (AvgIpc) is 2.58. The molecule has 0 N–H and O–H groups in total. The van der Waals surface area contributed by atoms with Gasteiger partial charge >= 0.3 is 0 Å². The summed E-state index contributed by atoms with van der Waals surface area (Å²) in [4.78, 5) is 8.38. The van der Waals surface area contributed by atoms with Gasteiger partial charge in [-0.25, -0.2) is 0 Å². The quantitative estimate of drug-likeness (QED) is 0.598. The molecule has 12 heavy (non-hydrogen) atoms. The Morgan fingerprint density at radius 1 is 1.00 bits per heavy atom. The maximum absolute atomic E-state index is 4.19. The van der Waals surface area contributed by atoms with E-state index in [2.05, 4.69) is 41.2 Å². The van der Waals surface area contributed by atoms with Crippen molar-refractivity contribution >= 4 is 12.4 Å². The molecule has 1 aromatic rings. The molecule has 0 saturated heterocycles. The van der Waals surface area contributed by atoms with Gasteiger partial charge < -0.3 is 0 Å². The summed E-state index contributed by atoms with van der Waals surface area (Å²) in [5.74, 6) is 0. The van der Waals surface area contributed by atoms with Crippen molar-refractivity contribution in [2.75, 3.05) is 0 Å². The molecule has 0 aromatic heterocycles. The van der Waals surface area contributed by atoms with Crippen LogP contribution >= 0.6 is 0 Å². The fraction of sp³-hybridized carbons (Fsp3) is 0.200. The average molecular weight is 158 g/mol. The lowest BCUT2D eigenvalue weighted by atomic mass is 10.1. The molecule has 0 amide bonds. The van der Waals surface area contributed by atoms with Crippen LogP contribution in [0.5, 0.6) is 0 Å². The predicted octanol–water partition coefficient (Wildman–Crippen LogP) is 2.15. The molecule has 60 valence electrons. The fourth-order valence-electron chi connectivity index (χ4n) is 1.19. The van der Waals surface area contributed by atoms with E-state index < -0.39 is 0 Å². The van der Waals surface area contributed by atoms with Gasteiger partial charge in [-0.2, -0.15) is 0 Å². The van der Waals surface area contributed by atoms with E-state index >= 15 is 0 Å². The highest BCUT2D eigenvalue weighted by Gasteiger charge is 2.07. The molecule has 1 aliphatic heterocycles. The summed E-state index contributed by atoms with van der Waals surface area (Å²) in [5, 5.41) is 0. The van der Waals surface area contributed by atoms with Gasteiger partial charge in [0, 0.05) is 12.4 Å². The highest BCUT2D eigenvalue weighted by molar-refractivity contribution is 6.17. The van der Waals surface area contributed by atoms with E-state index in [0.717, 1.165) is 5.56 Å². The van der Waals surface area contributed by atoms with Crippen molar-refractivity contribution in [3.8, 4) is 0 Å². The monoisotopic (exact) mass is 158 g/mol. The van der Waals surface area contributed by atoms with Gasteiger partial charge in [-0.15, -0.1) is 0 Å². The van der Waals surface area contributed by atoms with Gasteiger partial charge in [-0.3, -0.25) is 9.98 Å². The lowest BCUT2D eigenvalue weighted by Crippen LogP contribution is -1.87. The molecule has 2 rings (SSSR count). The number of hydrogen-bond donors (Lipinski definition) is 0. The molecule has 0 fully saturated rings. The summed E-state index contributed by atoms with van der Waals surface area (Å²) in [6.45, 7) is 2.07. The summed E-state index contributed by atoms with van der Waals surface area (Å²) < 4.78 is 0. The second-order valence-electron chi connectivity index (χ2n) is 2.88. The summed E-state index contributed by atoms with van der Waals surface area (Å²) in [6, 6.07) is 8.30. The Balaban J connectivity index is 2.29. The molecule has 2 nitrogen and oxygen atoms in total. The van der Waals surface area contributed by atoms with Crippen molar-refractivity contribution in [3.63, 3.8) is 0 Å². The Hall–Kier alpha value is -1.44. The number of aryl methyl sites for hydroxylation is 1. The van der Waals surface area contributed by atoms with Crippen molar-refractivity contribution in [1.29, 1.82) is 0 Å². The second kappa shape index (κ2) is 2.89. The van der Waals surface area contributed by atoms with E-state index in [9.17, 15) is 0 Å². The number of nitrogens with zero attached hydrogens (tertiary/aromatic N) is 2. The zero-order valence-electron chi connectivity index (χ0n) is 6.94. The van der Waals surface area contributed by atoms with E-state index in [0.29, 0.717) is 0 Å². The minimum absolute atomic E-state index is 0.00519. The molecule has 1 aliphatic rings. The zero-order valence-corrected chi connectivity index (χ0v) is 6.94. The minimum Gasteiger partial charge on any atom is -0.260 e. The third kappa shape index (κ3) is 1.28. The van der Waals surface area contributed by atoms with Gasteiger partial charge in [-0.05, 0) is 12.5 Å². The molecule has 0 atom stereocenters. The van der Waals surface area contributed by atoms with Crippen molar-refractivity contribution in [3.05, 3.63) is 35.4 Å². The summed E-state index contributed by atoms with van der Waals surface area (Å²) in [6.07, 6.45) is 3.49. The summed E-state index contributed by atoms with van der Waals surface area (Å²) in [5.41, 5.74) is 2.43. The van der Waals surface area contributed by atoms with E-state index in [1.54, 1.807) is 12.4 Å². The first-order chi connectivity index (χ1) is 5.86. The fourth-order valence-corrected chi connectivity index (χ4v) is 1.19. The first-order valence-corrected chi connectivity index (χ1v) is 3.98. The van der Waals surface area contributed by atoms with Gasteiger partial charge in [0.1, 0.15) is 0 Å². The molecule has 1 heterocycles. The van der Waals surface area contributed by atoms with Gasteiger partial charge in [0.05, 0.1) is 0 Å². The molecule has 0 spiro atoms. The Bertz CT molecular complexity index is 310. The van der Waals surface area contributed by atoms with Gasteiger partial charge in [0.25, 0.3) is 0 Å². The third-order valence-corrected chi connectivity index (χ3v) is 1.90. The highest BCUT2D eigenvalue weighted by Crippen LogP contribution is 2.20. The van der Waals surface area contributed by atoms with Crippen molar-refractivity contribution in [2.24, 2.45) is 9.98 Å². The predicted molar refractivity (Wildman–Crippen MR) is 50.9 cm³/mol. The number of hydrogen-bond acceptors (Lipinski definition) is 2. The van der Waals surface area contributed by atoms with Crippen LogP contribution in [-0.4, -0.2) is 12.4 Å². The molecule has 2 heteroatoms. The smallest absolute Gasteiger partial charge is 0.165 e. The maximum atomic E-state index is 4.19. The van der Waals surface area contributed by atoms with Crippen LogP contribution in [0.4, 0.5) is 0 Å². The van der Waals surface area contributed by atoms with Crippen LogP contribution in [0.25, 0.3) is 0 Å². The Morgan fingerprint density at radius 3 is 2.17 bits per heavy atom. The molecule has 0 saturated carbocycles. The van der Waals surface area contributed by atoms with E-state index in [1.165, 1.54) is 5.56 Å². The largest absolute Gasteiger partial charge is 0.260 e. The molecule has 1 aromatic carbocycles. The normalized spacial score (nSPS) is 15.8. The van der Waals surface area contributed by atoms with Crippen molar-refractivity contribution in [2.45, 2.75) is 13.1 Å². The van der Waals surface area contributed by atoms with Crippen LogP contribution in [0, 0.1) is 6.92 Å². The van der Waals surface area contributed by atoms with Crippen molar-refractivity contribution in [1.82, 2.24) is 0 Å². The maximum Gasteiger partial charge on any atom is 0.165 e. The third-order valence-electron chi connectivity index (χ3n) is 1.90. The van der Waals surface area contributed by atoms with Crippen LogP contribution in [-0.2, 0) is 0 Å². The first kappa shape index (κ1) is 7.22. The first-order valence-electron chi connectivity index (χ1n) is 3.98. The van der Waals surface area contributed by atoms with E-state index in [4.69, 9.17) is 0 Å². The molecule has 0 unspecified atom stereocenters. The summed E-state index contributed by atoms with van der Waals surface area (Å²) >= 11 is 0. The van der Waals surface area contributed by atoms with Gasteiger partial charge in [0.15, 0.2) is 6.17 Å². The van der Waals surface area contributed by atoms with Crippen LogP contribution in [0.15, 0.2) is 34.3 Å². The topological polar surface area (TPSA) is 24.7 Å². The number of aliphatic imine (C=N–C) groups is 2. The lowest BCUT2D eigenvalue weighted by molar-refractivity contribution is 0.802. The second-order valence-corrected chi connectivity index (χ2v) is 2.88. The Labute approximate surface area is 71.7 Å².